The van der Waals surface area contributed by atoms with Crippen molar-refractivity contribution in [3.05, 3.63) is 81.2 Å². The summed E-state index contributed by atoms with van der Waals surface area (Å²) in [6.45, 7) is 0.423. The van der Waals surface area contributed by atoms with Crippen molar-refractivity contribution in [2.75, 3.05) is 6.54 Å². The monoisotopic (exact) mass is 327 g/mol. The van der Waals surface area contributed by atoms with E-state index in [1.807, 2.05) is 18.2 Å². The molecule has 2 aromatic carbocycles. The van der Waals surface area contributed by atoms with E-state index in [1.54, 1.807) is 36.4 Å². The van der Waals surface area contributed by atoms with Crippen molar-refractivity contribution in [3.8, 4) is 0 Å². The molecule has 1 amide bonds. The lowest BCUT2D eigenvalue weighted by atomic mass is 10.1. The Balaban J connectivity index is 1.69. The molecule has 0 unspecified atom stereocenters. The van der Waals surface area contributed by atoms with Crippen molar-refractivity contribution in [2.45, 2.75) is 6.42 Å². The first-order valence-corrected chi connectivity index (χ1v) is 7.57. The van der Waals surface area contributed by atoms with E-state index in [1.165, 1.54) is 0 Å². The minimum atomic E-state index is -0.632. The summed E-state index contributed by atoms with van der Waals surface area (Å²) in [7, 11) is 0. The summed E-state index contributed by atoms with van der Waals surface area (Å²) >= 11 is 5.83. The van der Waals surface area contributed by atoms with Gasteiger partial charge in [0, 0.05) is 17.0 Å². The quantitative estimate of drug-likeness (QED) is 0.747. The molecule has 5 heteroatoms. The van der Waals surface area contributed by atoms with Crippen LogP contribution in [0.15, 0.2) is 63.8 Å². The molecule has 116 valence electrons. The molecule has 0 saturated carbocycles. The fourth-order valence-corrected chi connectivity index (χ4v) is 2.41. The van der Waals surface area contributed by atoms with Gasteiger partial charge in [0.25, 0.3) is 5.91 Å². The summed E-state index contributed by atoms with van der Waals surface area (Å²) in [6.07, 6.45) is 0.655. The van der Waals surface area contributed by atoms with Gasteiger partial charge < -0.3 is 9.73 Å². The molecule has 4 nitrogen and oxygen atoms in total. The third kappa shape index (κ3) is 3.60. The molecule has 0 saturated heterocycles. The zero-order valence-electron chi connectivity index (χ0n) is 12.2. The molecule has 3 aromatic rings. The van der Waals surface area contributed by atoms with Crippen molar-refractivity contribution >= 4 is 28.5 Å². The number of fused-ring (bicyclic) bond motifs is 1. The third-order valence-corrected chi connectivity index (χ3v) is 3.75. The van der Waals surface area contributed by atoms with Gasteiger partial charge in [-0.2, -0.15) is 0 Å². The molecule has 3 rings (SSSR count). The van der Waals surface area contributed by atoms with E-state index in [4.69, 9.17) is 16.0 Å². The van der Waals surface area contributed by atoms with E-state index in [9.17, 15) is 9.59 Å². The molecular weight excluding hydrogens is 314 g/mol. The van der Waals surface area contributed by atoms with Gasteiger partial charge in [0.05, 0.1) is 0 Å². The lowest BCUT2D eigenvalue weighted by Crippen LogP contribution is -2.29. The minimum absolute atomic E-state index is 0.0137. The van der Waals surface area contributed by atoms with Crippen LogP contribution in [0.4, 0.5) is 0 Å². The Labute approximate surface area is 137 Å². The number of rotatable bonds is 4. The van der Waals surface area contributed by atoms with Gasteiger partial charge in [-0.05, 0) is 36.2 Å². The van der Waals surface area contributed by atoms with Crippen LogP contribution in [0.2, 0.25) is 5.02 Å². The first-order chi connectivity index (χ1) is 11.1. The molecule has 0 aliphatic carbocycles. The van der Waals surface area contributed by atoms with Crippen molar-refractivity contribution < 1.29 is 9.21 Å². The molecule has 0 radical (unpaired) electrons. The summed E-state index contributed by atoms with van der Waals surface area (Å²) in [5, 5.41) is 4.13. The lowest BCUT2D eigenvalue weighted by Gasteiger charge is -2.05. The molecule has 0 aliphatic rings. The van der Waals surface area contributed by atoms with Gasteiger partial charge in [-0.1, -0.05) is 41.9 Å². The number of hydrogen-bond donors (Lipinski definition) is 1. The van der Waals surface area contributed by atoms with Gasteiger partial charge >= 0.3 is 5.63 Å². The zero-order chi connectivity index (χ0) is 16.2. The standard InChI is InChI=1S/C18H14ClNO3/c19-14-7-5-12(6-8-14)9-10-20-17(21)15-11-13-3-1-2-4-16(13)23-18(15)22/h1-8,11H,9-10H2,(H,20,21). The fraction of sp³-hybridized carbons (Fsp3) is 0.111. The van der Waals surface area contributed by atoms with E-state index >= 15 is 0 Å². The second-order valence-corrected chi connectivity index (χ2v) is 5.55. The van der Waals surface area contributed by atoms with Gasteiger partial charge in [0.15, 0.2) is 0 Å². The van der Waals surface area contributed by atoms with E-state index in [-0.39, 0.29) is 5.56 Å². The molecule has 1 heterocycles. The highest BCUT2D eigenvalue weighted by Gasteiger charge is 2.13. The second-order valence-electron chi connectivity index (χ2n) is 5.12. The van der Waals surface area contributed by atoms with Gasteiger partial charge in [-0.3, -0.25) is 4.79 Å². The number of carbonyl (C=O) groups excluding carboxylic acids is 1. The molecule has 1 N–H and O–H groups in total. The average molecular weight is 328 g/mol. The van der Waals surface area contributed by atoms with Gasteiger partial charge in [-0.15, -0.1) is 0 Å². The SMILES string of the molecule is O=C(NCCc1ccc(Cl)cc1)c1cc2ccccc2oc1=O. The largest absolute Gasteiger partial charge is 0.422 e. The zero-order valence-corrected chi connectivity index (χ0v) is 13.0. The highest BCUT2D eigenvalue weighted by molar-refractivity contribution is 6.30. The van der Waals surface area contributed by atoms with Crippen molar-refractivity contribution in [1.82, 2.24) is 5.32 Å². The Morgan fingerprint density at radius 1 is 1.09 bits per heavy atom. The second kappa shape index (κ2) is 6.67. The van der Waals surface area contributed by atoms with Crippen LogP contribution in [-0.4, -0.2) is 12.5 Å². The smallest absolute Gasteiger partial charge is 0.349 e. The minimum Gasteiger partial charge on any atom is -0.422 e. The maximum atomic E-state index is 12.2. The Morgan fingerprint density at radius 3 is 2.61 bits per heavy atom. The maximum Gasteiger partial charge on any atom is 0.349 e. The van der Waals surface area contributed by atoms with E-state index in [0.717, 1.165) is 10.9 Å². The number of benzene rings is 2. The number of nitrogens with one attached hydrogen (secondary N) is 1. The summed E-state index contributed by atoms with van der Waals surface area (Å²) < 4.78 is 5.16. The highest BCUT2D eigenvalue weighted by atomic mass is 35.5. The van der Waals surface area contributed by atoms with E-state index in [0.29, 0.717) is 23.6 Å². The first kappa shape index (κ1) is 15.3. The number of amides is 1. The average Bonchev–Trinajstić information content (AvgIpc) is 2.56. The molecular formula is C18H14ClNO3. The van der Waals surface area contributed by atoms with Crippen molar-refractivity contribution in [3.63, 3.8) is 0 Å². The van der Waals surface area contributed by atoms with Crippen LogP contribution in [0.25, 0.3) is 11.0 Å². The van der Waals surface area contributed by atoms with Crippen molar-refractivity contribution in [1.29, 1.82) is 0 Å². The van der Waals surface area contributed by atoms with Gasteiger partial charge in [0.2, 0.25) is 0 Å². The Kier molecular flexibility index (Phi) is 4.44. The van der Waals surface area contributed by atoms with Gasteiger partial charge in [0.1, 0.15) is 11.1 Å². The molecule has 0 aliphatic heterocycles. The number of hydrogen-bond acceptors (Lipinski definition) is 3. The fourth-order valence-electron chi connectivity index (χ4n) is 2.29. The summed E-state index contributed by atoms with van der Waals surface area (Å²) in [6, 6.07) is 16.0. The number of carbonyl (C=O) groups is 1. The lowest BCUT2D eigenvalue weighted by molar-refractivity contribution is 0.0950. The summed E-state index contributed by atoms with van der Waals surface area (Å²) in [4.78, 5) is 24.1. The molecule has 1 aromatic heterocycles. The summed E-state index contributed by atoms with van der Waals surface area (Å²) in [5.74, 6) is -0.432. The number of para-hydroxylation sites is 1. The Morgan fingerprint density at radius 2 is 1.83 bits per heavy atom. The molecule has 23 heavy (non-hydrogen) atoms. The molecule has 0 bridgehead atoms. The van der Waals surface area contributed by atoms with Crippen molar-refractivity contribution in [2.24, 2.45) is 0 Å². The first-order valence-electron chi connectivity index (χ1n) is 7.19. The molecule has 0 spiro atoms. The maximum absolute atomic E-state index is 12.2. The normalized spacial score (nSPS) is 10.7. The van der Waals surface area contributed by atoms with Crippen LogP contribution in [0.3, 0.4) is 0 Å². The number of halogens is 1. The highest BCUT2D eigenvalue weighted by Crippen LogP contribution is 2.13. The van der Waals surface area contributed by atoms with Crippen LogP contribution in [0.1, 0.15) is 15.9 Å². The third-order valence-electron chi connectivity index (χ3n) is 3.50. The van der Waals surface area contributed by atoms with E-state index < -0.39 is 11.5 Å². The molecule has 0 fully saturated rings. The Bertz CT molecular complexity index is 900. The topological polar surface area (TPSA) is 59.3 Å². The van der Waals surface area contributed by atoms with Crippen LogP contribution in [0.5, 0.6) is 0 Å². The predicted molar refractivity (Wildman–Crippen MR) is 90.0 cm³/mol. The Hall–Kier alpha value is -2.59. The van der Waals surface area contributed by atoms with E-state index in [2.05, 4.69) is 5.32 Å². The summed E-state index contributed by atoms with van der Waals surface area (Å²) in [5.41, 5.74) is 0.906. The van der Waals surface area contributed by atoms with Gasteiger partial charge in [-0.25, -0.2) is 4.79 Å². The van der Waals surface area contributed by atoms with Crippen LogP contribution >= 0.6 is 11.6 Å². The molecule has 0 atom stereocenters. The van der Waals surface area contributed by atoms with Crippen LogP contribution in [0, 0.1) is 0 Å². The predicted octanol–water partition coefficient (Wildman–Crippen LogP) is 3.42. The van der Waals surface area contributed by atoms with Crippen LogP contribution in [-0.2, 0) is 6.42 Å². The van der Waals surface area contributed by atoms with Crippen LogP contribution < -0.4 is 10.9 Å².